The first-order valence-electron chi connectivity index (χ1n) is 11.6. The Morgan fingerprint density at radius 1 is 0.742 bits per heavy atom. The van der Waals surface area contributed by atoms with E-state index in [1.54, 1.807) is 0 Å². The third kappa shape index (κ3) is 5.34. The fourth-order valence-electron chi connectivity index (χ4n) is 4.85. The largest absolute Gasteiger partial charge is 0.338 e. The number of nitrogens with zero attached hydrogens (tertiary/aromatic N) is 6. The monoisotopic (exact) mass is 430 g/mol. The van der Waals surface area contributed by atoms with Crippen molar-refractivity contribution in [1.82, 2.24) is 30.1 Å². The molecule has 0 atom stereocenters. The number of aromatic nitrogens is 4. The fourth-order valence-corrected chi connectivity index (χ4v) is 4.85. The summed E-state index contributed by atoms with van der Waals surface area (Å²) in [6.07, 6.45) is 4.97. The Balaban J connectivity index is 1.38. The Labute approximate surface area is 185 Å². The molecule has 31 heavy (non-hydrogen) atoms. The molecule has 172 valence electrons. The molecule has 2 aliphatic heterocycles. The highest BCUT2D eigenvalue weighted by atomic mass is 16.5. The second kappa shape index (κ2) is 8.28. The lowest BCUT2D eigenvalue weighted by atomic mass is 9.73. The minimum atomic E-state index is -0.0870. The molecule has 0 aliphatic carbocycles. The molecule has 0 amide bonds. The van der Waals surface area contributed by atoms with Crippen LogP contribution in [0.3, 0.4) is 0 Å². The standard InChI is InChI=1S/C23H38N6O2/c1-21(2,3)19-24-17(30-26-19)13-28-11-7-9-23(15-28)10-8-12-29(16-23)14-18-25-20(27-31-18)22(4,5)6/h7-16H2,1-6H3. The lowest BCUT2D eigenvalue weighted by Crippen LogP contribution is -2.51. The van der Waals surface area contributed by atoms with E-state index < -0.39 is 0 Å². The quantitative estimate of drug-likeness (QED) is 0.721. The van der Waals surface area contributed by atoms with Crippen molar-refractivity contribution in [2.75, 3.05) is 26.2 Å². The number of hydrogen-bond acceptors (Lipinski definition) is 8. The Kier molecular flexibility index (Phi) is 5.98. The lowest BCUT2D eigenvalue weighted by molar-refractivity contribution is 0.00167. The van der Waals surface area contributed by atoms with Crippen LogP contribution in [0.4, 0.5) is 0 Å². The van der Waals surface area contributed by atoms with Crippen LogP contribution in [0.5, 0.6) is 0 Å². The summed E-state index contributed by atoms with van der Waals surface area (Å²) >= 11 is 0. The van der Waals surface area contributed by atoms with Crippen molar-refractivity contribution in [2.24, 2.45) is 5.41 Å². The van der Waals surface area contributed by atoms with E-state index in [0.717, 1.165) is 62.7 Å². The molecule has 0 radical (unpaired) electrons. The zero-order valence-electron chi connectivity index (χ0n) is 20.1. The molecule has 0 unspecified atom stereocenters. The van der Waals surface area contributed by atoms with Crippen molar-refractivity contribution in [3.63, 3.8) is 0 Å². The molecule has 4 rings (SSSR count). The third-order valence-corrected chi connectivity index (χ3v) is 6.48. The van der Waals surface area contributed by atoms with Crippen molar-refractivity contribution < 1.29 is 9.05 Å². The average Bonchev–Trinajstić information content (AvgIpc) is 3.31. The summed E-state index contributed by atoms with van der Waals surface area (Å²) in [7, 11) is 0. The minimum Gasteiger partial charge on any atom is -0.338 e. The summed E-state index contributed by atoms with van der Waals surface area (Å²) in [5.74, 6) is 3.03. The maximum Gasteiger partial charge on any atom is 0.240 e. The molecule has 2 aliphatic rings. The van der Waals surface area contributed by atoms with Crippen LogP contribution in [0.1, 0.15) is 90.7 Å². The second-order valence-electron chi connectivity index (χ2n) is 11.7. The van der Waals surface area contributed by atoms with Crippen molar-refractivity contribution in [1.29, 1.82) is 0 Å². The predicted octanol–water partition coefficient (Wildman–Crippen LogP) is 3.93. The highest BCUT2D eigenvalue weighted by Gasteiger charge is 2.40. The van der Waals surface area contributed by atoms with Crippen molar-refractivity contribution >= 4 is 0 Å². The van der Waals surface area contributed by atoms with Crippen LogP contribution >= 0.6 is 0 Å². The van der Waals surface area contributed by atoms with Crippen LogP contribution < -0.4 is 0 Å². The average molecular weight is 431 g/mol. The van der Waals surface area contributed by atoms with E-state index in [1.165, 1.54) is 25.7 Å². The molecule has 8 heteroatoms. The molecule has 2 fully saturated rings. The first-order chi connectivity index (χ1) is 14.5. The van der Waals surface area contributed by atoms with Crippen molar-refractivity contribution in [3.05, 3.63) is 23.4 Å². The van der Waals surface area contributed by atoms with Gasteiger partial charge in [0.25, 0.3) is 0 Å². The van der Waals surface area contributed by atoms with Gasteiger partial charge in [-0.15, -0.1) is 0 Å². The van der Waals surface area contributed by atoms with Gasteiger partial charge in [-0.2, -0.15) is 9.97 Å². The molecule has 8 nitrogen and oxygen atoms in total. The smallest absolute Gasteiger partial charge is 0.240 e. The van der Waals surface area contributed by atoms with Gasteiger partial charge >= 0.3 is 0 Å². The lowest BCUT2D eigenvalue weighted by Gasteiger charge is -2.48. The van der Waals surface area contributed by atoms with Crippen LogP contribution in [-0.2, 0) is 23.9 Å². The van der Waals surface area contributed by atoms with Gasteiger partial charge in [0.05, 0.1) is 13.1 Å². The minimum absolute atomic E-state index is 0.0870. The first kappa shape index (κ1) is 22.4. The Hall–Kier alpha value is -1.80. The third-order valence-electron chi connectivity index (χ3n) is 6.48. The van der Waals surface area contributed by atoms with Crippen molar-refractivity contribution in [2.45, 2.75) is 91.1 Å². The van der Waals surface area contributed by atoms with E-state index in [9.17, 15) is 0 Å². The SMILES string of the molecule is CC(C)(C)c1noc(CN2CCCC3(CCCN(Cc4nc(C(C)(C)C)no4)C3)C2)n1. The van der Waals surface area contributed by atoms with E-state index >= 15 is 0 Å². The predicted molar refractivity (Wildman–Crippen MR) is 117 cm³/mol. The Morgan fingerprint density at radius 3 is 1.52 bits per heavy atom. The van der Waals surface area contributed by atoms with E-state index in [1.807, 2.05) is 0 Å². The summed E-state index contributed by atoms with van der Waals surface area (Å²) in [6, 6.07) is 0. The molecule has 1 spiro atoms. The number of likely N-dealkylation sites (tertiary alicyclic amines) is 2. The number of piperidine rings is 2. The molecule has 0 N–H and O–H groups in total. The van der Waals surface area contributed by atoms with Crippen LogP contribution in [0.15, 0.2) is 9.05 Å². The van der Waals surface area contributed by atoms with Gasteiger partial charge in [-0.1, -0.05) is 51.9 Å². The van der Waals surface area contributed by atoms with Crippen LogP contribution in [0.2, 0.25) is 0 Å². The molecule has 2 saturated heterocycles. The van der Waals surface area contributed by atoms with Gasteiger partial charge in [0.15, 0.2) is 11.6 Å². The molecular formula is C23H38N6O2. The van der Waals surface area contributed by atoms with Crippen LogP contribution in [0, 0.1) is 5.41 Å². The molecule has 4 heterocycles. The molecular weight excluding hydrogens is 392 g/mol. The van der Waals surface area contributed by atoms with Gasteiger partial charge in [-0.25, -0.2) is 0 Å². The molecule has 2 aromatic rings. The first-order valence-corrected chi connectivity index (χ1v) is 11.6. The molecule has 2 aromatic heterocycles. The van der Waals surface area contributed by atoms with Gasteiger partial charge in [0, 0.05) is 23.9 Å². The van der Waals surface area contributed by atoms with Crippen LogP contribution in [0.25, 0.3) is 0 Å². The van der Waals surface area contributed by atoms with Gasteiger partial charge in [0.2, 0.25) is 11.8 Å². The number of hydrogen-bond donors (Lipinski definition) is 0. The van der Waals surface area contributed by atoms with E-state index in [2.05, 4.69) is 71.6 Å². The van der Waals surface area contributed by atoms with Gasteiger partial charge in [-0.3, -0.25) is 9.80 Å². The molecule has 0 aromatic carbocycles. The van der Waals surface area contributed by atoms with Gasteiger partial charge in [0.1, 0.15) is 0 Å². The second-order valence-corrected chi connectivity index (χ2v) is 11.7. The maximum atomic E-state index is 5.56. The van der Waals surface area contributed by atoms with E-state index in [0.29, 0.717) is 5.41 Å². The van der Waals surface area contributed by atoms with Crippen LogP contribution in [-0.4, -0.2) is 56.3 Å². The van der Waals surface area contributed by atoms with E-state index in [-0.39, 0.29) is 10.8 Å². The Morgan fingerprint density at radius 2 is 1.16 bits per heavy atom. The van der Waals surface area contributed by atoms with Gasteiger partial charge in [-0.05, 0) is 44.2 Å². The zero-order chi connectivity index (χ0) is 22.3. The summed E-state index contributed by atoms with van der Waals surface area (Å²) < 4.78 is 11.1. The fraction of sp³-hybridized carbons (Fsp3) is 0.826. The molecule has 0 saturated carbocycles. The normalized spacial score (nSPS) is 21.1. The summed E-state index contributed by atoms with van der Waals surface area (Å²) in [5.41, 5.74) is 0.142. The summed E-state index contributed by atoms with van der Waals surface area (Å²) in [6.45, 7) is 18.5. The highest BCUT2D eigenvalue weighted by molar-refractivity contribution is 5.02. The molecule has 0 bridgehead atoms. The van der Waals surface area contributed by atoms with Gasteiger partial charge < -0.3 is 9.05 Å². The Bertz CT molecular complexity index is 803. The zero-order valence-corrected chi connectivity index (χ0v) is 20.1. The van der Waals surface area contributed by atoms with Crippen molar-refractivity contribution in [3.8, 4) is 0 Å². The number of rotatable bonds is 4. The summed E-state index contributed by atoms with van der Waals surface area (Å²) in [5, 5.41) is 8.38. The topological polar surface area (TPSA) is 84.3 Å². The van der Waals surface area contributed by atoms with E-state index in [4.69, 9.17) is 9.05 Å². The highest BCUT2D eigenvalue weighted by Crippen LogP contribution is 2.39. The maximum absolute atomic E-state index is 5.56. The summed E-state index contributed by atoms with van der Waals surface area (Å²) in [4.78, 5) is 14.3.